The number of nitrogens with zero attached hydrogens (tertiary/aromatic N) is 2. The number of nitrogens with one attached hydrogen (secondary N) is 1. The lowest BCUT2D eigenvalue weighted by molar-refractivity contribution is 0.120. The van der Waals surface area contributed by atoms with Gasteiger partial charge in [0, 0.05) is 37.7 Å². The molecule has 3 aromatic carbocycles. The molecular weight excluding hydrogens is 394 g/mol. The molecule has 5 heteroatoms. The lowest BCUT2D eigenvalue weighted by atomic mass is 9.96. The normalized spacial score (nSPS) is 14.7. The van der Waals surface area contributed by atoms with Gasteiger partial charge in [0.1, 0.15) is 0 Å². The van der Waals surface area contributed by atoms with Crippen LogP contribution in [0, 0.1) is 0 Å². The Morgan fingerprint density at radius 3 is 1.87 bits per heavy atom. The molecule has 0 atom stereocenters. The minimum Gasteiger partial charge on any atom is -0.334 e. The Bertz CT molecular complexity index is 900. The molecule has 0 aromatic heterocycles. The first-order valence-corrected chi connectivity index (χ1v) is 10.7. The molecule has 1 fully saturated rings. The summed E-state index contributed by atoms with van der Waals surface area (Å²) < 4.78 is 0. The van der Waals surface area contributed by atoms with Crippen molar-refractivity contribution < 1.29 is 4.79 Å². The Kier molecular flexibility index (Phi) is 6.67. The van der Waals surface area contributed by atoms with Gasteiger partial charge in [-0.25, -0.2) is 4.79 Å². The van der Waals surface area contributed by atoms with Gasteiger partial charge in [0.15, 0.2) is 0 Å². The highest BCUT2D eigenvalue weighted by Crippen LogP contribution is 2.29. The molecule has 1 aliphatic rings. The van der Waals surface area contributed by atoms with Crippen LogP contribution < -0.4 is 5.32 Å². The first kappa shape index (κ1) is 20.5. The van der Waals surface area contributed by atoms with E-state index in [2.05, 4.69) is 70.9 Å². The van der Waals surface area contributed by atoms with Gasteiger partial charge < -0.3 is 10.2 Å². The molecular formula is C25H26ClN3O. The highest BCUT2D eigenvalue weighted by atomic mass is 35.5. The summed E-state index contributed by atoms with van der Waals surface area (Å²) in [6.07, 6.45) is 0. The number of hydrogen-bond acceptors (Lipinski definition) is 2. The number of piperazine rings is 1. The average Bonchev–Trinajstić information content (AvgIpc) is 2.81. The molecule has 1 saturated heterocycles. The zero-order valence-electron chi connectivity index (χ0n) is 16.9. The third kappa shape index (κ3) is 5.02. The highest BCUT2D eigenvalue weighted by molar-refractivity contribution is 6.30. The van der Waals surface area contributed by atoms with Crippen molar-refractivity contribution in [2.24, 2.45) is 0 Å². The fourth-order valence-electron chi connectivity index (χ4n) is 3.96. The Balaban J connectivity index is 1.38. The van der Waals surface area contributed by atoms with Crippen LogP contribution >= 0.6 is 11.6 Å². The van der Waals surface area contributed by atoms with Gasteiger partial charge in [0.2, 0.25) is 0 Å². The molecule has 154 valence electrons. The molecule has 0 aliphatic carbocycles. The topological polar surface area (TPSA) is 35.6 Å². The molecule has 30 heavy (non-hydrogen) atoms. The number of carbonyl (C=O) groups is 1. The van der Waals surface area contributed by atoms with Crippen LogP contribution in [0.15, 0.2) is 84.9 Å². The summed E-state index contributed by atoms with van der Waals surface area (Å²) in [4.78, 5) is 17.0. The van der Waals surface area contributed by atoms with E-state index < -0.39 is 0 Å². The maximum Gasteiger partial charge on any atom is 0.317 e. The maximum atomic E-state index is 12.6. The van der Waals surface area contributed by atoms with Gasteiger partial charge in [-0.05, 0) is 28.8 Å². The molecule has 4 rings (SSSR count). The van der Waals surface area contributed by atoms with Gasteiger partial charge >= 0.3 is 6.03 Å². The van der Waals surface area contributed by atoms with Crippen LogP contribution in [0.25, 0.3) is 0 Å². The van der Waals surface area contributed by atoms with Gasteiger partial charge in [0.05, 0.1) is 6.04 Å². The van der Waals surface area contributed by atoms with Crippen LogP contribution in [0.3, 0.4) is 0 Å². The van der Waals surface area contributed by atoms with Crippen LogP contribution in [-0.4, -0.2) is 42.0 Å². The number of benzene rings is 3. The van der Waals surface area contributed by atoms with E-state index in [1.54, 1.807) is 0 Å². The number of carbonyl (C=O) groups excluding carboxylic acids is 1. The third-order valence-electron chi connectivity index (χ3n) is 5.55. The largest absolute Gasteiger partial charge is 0.334 e. The summed E-state index contributed by atoms with van der Waals surface area (Å²) in [5.74, 6) is 0. The summed E-state index contributed by atoms with van der Waals surface area (Å²) in [5.41, 5.74) is 3.60. The summed E-state index contributed by atoms with van der Waals surface area (Å²) in [6.45, 7) is 3.60. The third-order valence-corrected chi connectivity index (χ3v) is 5.81. The second-order valence-corrected chi connectivity index (χ2v) is 7.97. The second-order valence-electron chi connectivity index (χ2n) is 7.53. The summed E-state index contributed by atoms with van der Waals surface area (Å²) in [7, 11) is 0. The number of amides is 2. The van der Waals surface area contributed by atoms with Crippen molar-refractivity contribution in [1.29, 1.82) is 0 Å². The standard InChI is InChI=1S/C25H26ClN3O/c26-23-13-11-20(12-14-23)19-27-25(30)29-17-15-28(16-18-29)24(21-7-3-1-4-8-21)22-9-5-2-6-10-22/h1-14,24H,15-19H2,(H,27,30). The molecule has 0 spiro atoms. The zero-order chi connectivity index (χ0) is 20.8. The van der Waals surface area contributed by atoms with Gasteiger partial charge in [-0.2, -0.15) is 0 Å². The van der Waals surface area contributed by atoms with Crippen molar-refractivity contribution in [3.63, 3.8) is 0 Å². The number of halogens is 1. The fraction of sp³-hybridized carbons (Fsp3) is 0.240. The van der Waals surface area contributed by atoms with Crippen LogP contribution in [0.5, 0.6) is 0 Å². The summed E-state index contributed by atoms with van der Waals surface area (Å²) in [6, 6.07) is 28.9. The van der Waals surface area contributed by atoms with Crippen LogP contribution in [0.4, 0.5) is 4.79 Å². The predicted octanol–water partition coefficient (Wildman–Crippen LogP) is 4.96. The van der Waals surface area contributed by atoms with E-state index in [1.807, 2.05) is 29.2 Å². The summed E-state index contributed by atoms with van der Waals surface area (Å²) >= 11 is 5.92. The Morgan fingerprint density at radius 2 is 1.33 bits per heavy atom. The Morgan fingerprint density at radius 1 is 0.800 bits per heavy atom. The zero-order valence-corrected chi connectivity index (χ0v) is 17.6. The first-order chi connectivity index (χ1) is 14.7. The Labute approximate surface area is 183 Å². The van der Waals surface area contributed by atoms with Crippen LogP contribution in [0.2, 0.25) is 5.02 Å². The van der Waals surface area contributed by atoms with E-state index in [1.165, 1.54) is 11.1 Å². The Hall–Kier alpha value is -2.82. The lowest BCUT2D eigenvalue weighted by Gasteiger charge is -2.39. The number of rotatable bonds is 5. The van der Waals surface area contributed by atoms with Crippen LogP contribution in [0.1, 0.15) is 22.7 Å². The molecule has 1 heterocycles. The van der Waals surface area contributed by atoms with Crippen molar-refractivity contribution in [1.82, 2.24) is 15.1 Å². The van der Waals surface area contributed by atoms with Gasteiger partial charge in [-0.15, -0.1) is 0 Å². The van der Waals surface area contributed by atoms with E-state index >= 15 is 0 Å². The van der Waals surface area contributed by atoms with Crippen molar-refractivity contribution in [2.75, 3.05) is 26.2 Å². The average molecular weight is 420 g/mol. The maximum absolute atomic E-state index is 12.6. The number of urea groups is 1. The molecule has 4 nitrogen and oxygen atoms in total. The highest BCUT2D eigenvalue weighted by Gasteiger charge is 2.27. The molecule has 2 amide bonds. The van der Waals surface area contributed by atoms with E-state index in [0.29, 0.717) is 24.7 Å². The van der Waals surface area contributed by atoms with Crippen LogP contribution in [-0.2, 0) is 6.54 Å². The molecule has 1 N–H and O–H groups in total. The van der Waals surface area contributed by atoms with E-state index in [-0.39, 0.29) is 12.1 Å². The number of hydrogen-bond donors (Lipinski definition) is 1. The molecule has 0 saturated carbocycles. The van der Waals surface area contributed by atoms with E-state index in [0.717, 1.165) is 18.7 Å². The molecule has 1 aliphatic heterocycles. The molecule has 0 radical (unpaired) electrons. The van der Waals surface area contributed by atoms with Gasteiger partial charge in [-0.1, -0.05) is 84.4 Å². The molecule has 0 unspecified atom stereocenters. The minimum absolute atomic E-state index is 0.0134. The lowest BCUT2D eigenvalue weighted by Crippen LogP contribution is -2.52. The summed E-state index contributed by atoms with van der Waals surface area (Å²) in [5, 5.41) is 3.72. The predicted molar refractivity (Wildman–Crippen MR) is 122 cm³/mol. The molecule has 3 aromatic rings. The fourth-order valence-corrected chi connectivity index (χ4v) is 4.09. The van der Waals surface area contributed by atoms with Gasteiger partial charge in [-0.3, -0.25) is 4.90 Å². The smallest absolute Gasteiger partial charge is 0.317 e. The van der Waals surface area contributed by atoms with Crippen molar-refractivity contribution in [3.05, 3.63) is 107 Å². The monoisotopic (exact) mass is 419 g/mol. The second kappa shape index (κ2) is 9.79. The minimum atomic E-state index is -0.0134. The van der Waals surface area contributed by atoms with E-state index in [9.17, 15) is 4.79 Å². The van der Waals surface area contributed by atoms with Crippen molar-refractivity contribution in [2.45, 2.75) is 12.6 Å². The van der Waals surface area contributed by atoms with E-state index in [4.69, 9.17) is 11.6 Å². The first-order valence-electron chi connectivity index (χ1n) is 10.3. The molecule has 0 bridgehead atoms. The van der Waals surface area contributed by atoms with Crippen molar-refractivity contribution >= 4 is 17.6 Å². The van der Waals surface area contributed by atoms with Gasteiger partial charge in [0.25, 0.3) is 0 Å². The van der Waals surface area contributed by atoms with Crippen molar-refractivity contribution in [3.8, 4) is 0 Å². The SMILES string of the molecule is O=C(NCc1ccc(Cl)cc1)N1CCN(C(c2ccccc2)c2ccccc2)CC1. The quantitative estimate of drug-likeness (QED) is 0.634.